The maximum atomic E-state index is 13.8. The van der Waals surface area contributed by atoms with Gasteiger partial charge < -0.3 is 13.9 Å². The highest BCUT2D eigenvalue weighted by Gasteiger charge is 2.34. The molecule has 0 saturated carbocycles. The van der Waals surface area contributed by atoms with Gasteiger partial charge in [-0.3, -0.25) is 9.36 Å². The summed E-state index contributed by atoms with van der Waals surface area (Å²) in [7, 11) is 1.55. The number of para-hydroxylation sites is 1. The van der Waals surface area contributed by atoms with Crippen molar-refractivity contribution in [3.05, 3.63) is 108 Å². The van der Waals surface area contributed by atoms with E-state index in [0.717, 1.165) is 5.56 Å². The van der Waals surface area contributed by atoms with Crippen molar-refractivity contribution in [2.75, 3.05) is 13.7 Å². The van der Waals surface area contributed by atoms with Crippen LogP contribution in [0.15, 0.2) is 86.1 Å². The van der Waals surface area contributed by atoms with Crippen molar-refractivity contribution in [3.8, 4) is 17.1 Å². The fourth-order valence-corrected chi connectivity index (χ4v) is 5.46. The van der Waals surface area contributed by atoms with E-state index in [9.17, 15) is 9.59 Å². The van der Waals surface area contributed by atoms with Gasteiger partial charge in [0.1, 0.15) is 23.3 Å². The van der Waals surface area contributed by atoms with Crippen LogP contribution in [0.2, 0.25) is 5.02 Å². The van der Waals surface area contributed by atoms with E-state index >= 15 is 0 Å². The first-order valence-corrected chi connectivity index (χ1v) is 12.8. The van der Waals surface area contributed by atoms with Crippen LogP contribution >= 0.6 is 22.9 Å². The number of hydrogen-bond donors (Lipinski definition) is 0. The highest BCUT2D eigenvalue weighted by Crippen LogP contribution is 2.35. The van der Waals surface area contributed by atoms with Gasteiger partial charge in [-0.15, -0.1) is 0 Å². The van der Waals surface area contributed by atoms with Gasteiger partial charge in [0.15, 0.2) is 4.80 Å². The summed E-state index contributed by atoms with van der Waals surface area (Å²) < 4.78 is 18.9. The van der Waals surface area contributed by atoms with Crippen molar-refractivity contribution in [3.63, 3.8) is 0 Å². The molecule has 1 aliphatic heterocycles. The predicted molar refractivity (Wildman–Crippen MR) is 143 cm³/mol. The van der Waals surface area contributed by atoms with E-state index in [1.54, 1.807) is 51.3 Å². The number of carbonyl (C=O) groups is 1. The Hall–Kier alpha value is -3.88. The van der Waals surface area contributed by atoms with Crippen molar-refractivity contribution < 1.29 is 18.7 Å². The molecular weight excluding hydrogens is 512 g/mol. The number of aromatic nitrogens is 1. The molecule has 0 fully saturated rings. The number of carbonyl (C=O) groups excluding carboxylic acids is 1. The molecular formula is C28H23ClN2O5S. The van der Waals surface area contributed by atoms with Gasteiger partial charge in [0.05, 0.1) is 29.5 Å². The summed E-state index contributed by atoms with van der Waals surface area (Å²) >= 11 is 7.22. The first kappa shape index (κ1) is 24.8. The molecule has 37 heavy (non-hydrogen) atoms. The Morgan fingerprint density at radius 1 is 1.16 bits per heavy atom. The summed E-state index contributed by atoms with van der Waals surface area (Å²) in [6.07, 6.45) is 1.69. The molecule has 5 rings (SSSR count). The third kappa shape index (κ3) is 4.65. The van der Waals surface area contributed by atoms with E-state index in [1.807, 2.05) is 36.4 Å². The fourth-order valence-electron chi connectivity index (χ4n) is 4.31. The minimum absolute atomic E-state index is 0.202. The monoisotopic (exact) mass is 534 g/mol. The lowest BCUT2D eigenvalue weighted by Crippen LogP contribution is -2.40. The fraction of sp³-hybridized carbons (Fsp3) is 0.179. The van der Waals surface area contributed by atoms with Crippen molar-refractivity contribution >= 4 is 35.0 Å². The summed E-state index contributed by atoms with van der Waals surface area (Å²) in [6, 6.07) is 17.5. The van der Waals surface area contributed by atoms with Crippen LogP contribution in [0.1, 0.15) is 31.2 Å². The molecule has 0 saturated heterocycles. The summed E-state index contributed by atoms with van der Waals surface area (Å²) in [4.78, 5) is 31.9. The van der Waals surface area contributed by atoms with Crippen LogP contribution < -0.4 is 19.6 Å². The van der Waals surface area contributed by atoms with E-state index in [0.29, 0.717) is 48.5 Å². The van der Waals surface area contributed by atoms with E-state index in [4.69, 9.17) is 25.5 Å². The van der Waals surface area contributed by atoms with Crippen LogP contribution in [0.5, 0.6) is 5.75 Å². The molecule has 188 valence electrons. The molecule has 2 aromatic carbocycles. The third-order valence-corrected chi connectivity index (χ3v) is 7.21. The minimum Gasteiger partial charge on any atom is -0.496 e. The van der Waals surface area contributed by atoms with Gasteiger partial charge in [0, 0.05) is 22.2 Å². The largest absolute Gasteiger partial charge is 0.496 e. The first-order chi connectivity index (χ1) is 17.9. The maximum Gasteiger partial charge on any atom is 0.338 e. The Bertz CT molecular complexity index is 1700. The normalized spacial score (nSPS) is 15.4. The molecule has 1 aliphatic rings. The van der Waals surface area contributed by atoms with Gasteiger partial charge in [0.25, 0.3) is 5.56 Å². The second kappa shape index (κ2) is 10.2. The van der Waals surface area contributed by atoms with E-state index < -0.39 is 12.0 Å². The minimum atomic E-state index is -0.755. The quantitative estimate of drug-likeness (QED) is 0.334. The summed E-state index contributed by atoms with van der Waals surface area (Å²) in [5.74, 6) is 1.21. The molecule has 0 unspecified atom stereocenters. The second-order valence-electron chi connectivity index (χ2n) is 8.25. The molecule has 3 heterocycles. The van der Waals surface area contributed by atoms with Crippen LogP contribution in [-0.2, 0) is 9.53 Å². The summed E-state index contributed by atoms with van der Waals surface area (Å²) in [5, 5.41) is 0.638. The number of fused-ring (bicyclic) bond motifs is 1. The van der Waals surface area contributed by atoms with Gasteiger partial charge in [-0.1, -0.05) is 41.1 Å². The van der Waals surface area contributed by atoms with Gasteiger partial charge >= 0.3 is 5.97 Å². The molecule has 9 heteroatoms. The average molecular weight is 535 g/mol. The van der Waals surface area contributed by atoms with Crippen LogP contribution in [-0.4, -0.2) is 24.3 Å². The number of methoxy groups -OCH3 is 1. The standard InChI is InChI=1S/C28H23ClN2O5S/c1-4-35-27(33)24-16(2)30-28-31(25(24)20-7-5-6-8-22(20)34-3)26(32)23(37-28)15-19-13-14-21(36-19)17-9-11-18(29)12-10-17/h5-15,25H,4H2,1-3H3/b23-15+/t25-/m1/s1. The van der Waals surface area contributed by atoms with Gasteiger partial charge in [0.2, 0.25) is 0 Å². The number of furan rings is 1. The number of ether oxygens (including phenoxy) is 2. The lowest BCUT2D eigenvalue weighted by molar-refractivity contribution is -0.139. The zero-order valence-electron chi connectivity index (χ0n) is 20.4. The van der Waals surface area contributed by atoms with Crippen molar-refractivity contribution in [2.24, 2.45) is 4.99 Å². The lowest BCUT2D eigenvalue weighted by Gasteiger charge is -2.25. The molecule has 1 atom stereocenters. The number of hydrogen-bond acceptors (Lipinski definition) is 7. The van der Waals surface area contributed by atoms with E-state index in [2.05, 4.69) is 4.99 Å². The van der Waals surface area contributed by atoms with Gasteiger partial charge in [-0.2, -0.15) is 0 Å². The third-order valence-electron chi connectivity index (χ3n) is 5.98. The van der Waals surface area contributed by atoms with Crippen LogP contribution in [0.25, 0.3) is 17.4 Å². The number of nitrogens with zero attached hydrogens (tertiary/aromatic N) is 2. The van der Waals surface area contributed by atoms with Gasteiger partial charge in [-0.05, 0) is 56.3 Å². The SMILES string of the molecule is CCOC(=O)C1=C(C)N=c2s/c(=C/c3ccc(-c4ccc(Cl)cc4)o3)c(=O)n2[C@@H]1c1ccccc1OC. The average Bonchev–Trinajstić information content (AvgIpc) is 3.48. The van der Waals surface area contributed by atoms with Crippen molar-refractivity contribution in [1.82, 2.24) is 4.57 Å². The molecule has 7 nitrogen and oxygen atoms in total. The molecule has 0 amide bonds. The number of thiazole rings is 1. The van der Waals surface area contributed by atoms with Crippen molar-refractivity contribution in [1.29, 1.82) is 0 Å². The van der Waals surface area contributed by atoms with Crippen LogP contribution in [0, 0.1) is 0 Å². The summed E-state index contributed by atoms with van der Waals surface area (Å²) in [5.41, 5.74) is 2.03. The van der Waals surface area contributed by atoms with E-state index in [-0.39, 0.29) is 12.2 Å². The molecule has 0 bridgehead atoms. The number of rotatable bonds is 6. The van der Waals surface area contributed by atoms with Crippen molar-refractivity contribution in [2.45, 2.75) is 19.9 Å². The number of esters is 1. The lowest BCUT2D eigenvalue weighted by atomic mass is 9.95. The Balaban J connectivity index is 1.66. The van der Waals surface area contributed by atoms with E-state index in [1.165, 1.54) is 15.9 Å². The second-order valence-corrected chi connectivity index (χ2v) is 9.70. The molecule has 0 N–H and O–H groups in total. The topological polar surface area (TPSA) is 83.0 Å². The number of benzene rings is 2. The highest BCUT2D eigenvalue weighted by molar-refractivity contribution is 7.07. The Morgan fingerprint density at radius 2 is 1.92 bits per heavy atom. The molecule has 4 aromatic rings. The number of halogens is 1. The Morgan fingerprint density at radius 3 is 2.65 bits per heavy atom. The molecule has 0 radical (unpaired) electrons. The predicted octanol–water partition coefficient (Wildman–Crippen LogP) is 4.72. The maximum absolute atomic E-state index is 13.8. The molecule has 2 aromatic heterocycles. The zero-order chi connectivity index (χ0) is 26.1. The van der Waals surface area contributed by atoms with Gasteiger partial charge in [-0.25, -0.2) is 9.79 Å². The highest BCUT2D eigenvalue weighted by atomic mass is 35.5. The zero-order valence-corrected chi connectivity index (χ0v) is 21.9. The Labute approximate surface area is 221 Å². The smallest absolute Gasteiger partial charge is 0.338 e. The molecule has 0 aliphatic carbocycles. The van der Waals surface area contributed by atoms with Crippen LogP contribution in [0.4, 0.5) is 0 Å². The molecule has 0 spiro atoms. The summed E-state index contributed by atoms with van der Waals surface area (Å²) in [6.45, 7) is 3.69. The number of allylic oxidation sites excluding steroid dienone is 1. The first-order valence-electron chi connectivity index (χ1n) is 11.6. The van der Waals surface area contributed by atoms with Crippen LogP contribution in [0.3, 0.4) is 0 Å². The Kier molecular flexibility index (Phi) is 6.86.